The number of hydrogen-bond donors (Lipinski definition) is 1. The molecular formula is C14H22N2O2. The van der Waals surface area contributed by atoms with E-state index < -0.39 is 0 Å². The molecule has 4 heteroatoms. The van der Waals surface area contributed by atoms with Crippen LogP contribution < -0.4 is 10.5 Å². The molecule has 0 aromatic carbocycles. The average Bonchev–Trinajstić information content (AvgIpc) is 2.38. The van der Waals surface area contributed by atoms with Gasteiger partial charge in [0.15, 0.2) is 0 Å². The van der Waals surface area contributed by atoms with Crippen molar-refractivity contribution in [3.05, 3.63) is 22.9 Å². The van der Waals surface area contributed by atoms with Crippen molar-refractivity contribution in [2.75, 3.05) is 13.7 Å². The van der Waals surface area contributed by atoms with Gasteiger partial charge in [-0.05, 0) is 44.2 Å². The van der Waals surface area contributed by atoms with Crippen molar-refractivity contribution in [2.45, 2.75) is 45.3 Å². The maximum Gasteiger partial charge on any atom is 0.218 e. The Balaban J connectivity index is 2.22. The number of rotatable bonds is 5. The molecule has 4 nitrogen and oxygen atoms in total. The zero-order valence-corrected chi connectivity index (χ0v) is 11.2. The summed E-state index contributed by atoms with van der Waals surface area (Å²) in [7, 11) is 1.67. The van der Waals surface area contributed by atoms with E-state index in [1.54, 1.807) is 7.11 Å². The second kappa shape index (κ2) is 6.16. The number of ether oxygens (including phenoxy) is 2. The van der Waals surface area contributed by atoms with E-state index >= 15 is 0 Å². The maximum atomic E-state index is 5.83. The number of aryl methyl sites for hydroxylation is 2. The number of nitrogens with two attached hydrogens (primary N) is 1. The SMILES string of the molecule is COCC(C)Oc1nc2c(cc1CN)CCCC2. The molecule has 1 aliphatic rings. The highest BCUT2D eigenvalue weighted by molar-refractivity contribution is 5.35. The zero-order valence-electron chi connectivity index (χ0n) is 11.2. The van der Waals surface area contributed by atoms with E-state index in [2.05, 4.69) is 11.1 Å². The predicted molar refractivity (Wildman–Crippen MR) is 70.7 cm³/mol. The molecule has 1 aromatic rings. The topological polar surface area (TPSA) is 57.4 Å². The molecule has 2 rings (SSSR count). The van der Waals surface area contributed by atoms with Crippen molar-refractivity contribution < 1.29 is 9.47 Å². The maximum absolute atomic E-state index is 5.83. The van der Waals surface area contributed by atoms with Gasteiger partial charge in [0, 0.05) is 24.9 Å². The van der Waals surface area contributed by atoms with Crippen molar-refractivity contribution in [2.24, 2.45) is 5.73 Å². The molecule has 18 heavy (non-hydrogen) atoms. The number of methoxy groups -OCH3 is 1. The summed E-state index contributed by atoms with van der Waals surface area (Å²) in [5.74, 6) is 0.683. The monoisotopic (exact) mass is 250 g/mol. The van der Waals surface area contributed by atoms with Gasteiger partial charge in [-0.3, -0.25) is 0 Å². The number of hydrogen-bond acceptors (Lipinski definition) is 4. The number of fused-ring (bicyclic) bond motifs is 1. The van der Waals surface area contributed by atoms with Crippen LogP contribution in [0, 0.1) is 0 Å². The van der Waals surface area contributed by atoms with Crippen molar-refractivity contribution in [3.63, 3.8) is 0 Å². The molecule has 0 aliphatic heterocycles. The molecule has 0 amide bonds. The molecule has 1 heterocycles. The standard InChI is InChI=1S/C14H22N2O2/c1-10(9-17-2)18-14-12(8-15)7-11-5-3-4-6-13(11)16-14/h7,10H,3-6,8-9,15H2,1-2H3. The van der Waals surface area contributed by atoms with Gasteiger partial charge in [0.25, 0.3) is 0 Å². The first-order valence-electron chi connectivity index (χ1n) is 6.62. The van der Waals surface area contributed by atoms with Crippen molar-refractivity contribution >= 4 is 0 Å². The fourth-order valence-electron chi connectivity index (χ4n) is 2.37. The molecule has 0 saturated carbocycles. The van der Waals surface area contributed by atoms with Crippen molar-refractivity contribution in [1.82, 2.24) is 4.98 Å². The molecule has 0 saturated heterocycles. The molecule has 1 aromatic heterocycles. The Bertz CT molecular complexity index is 407. The Labute approximate surface area is 108 Å². The van der Waals surface area contributed by atoms with E-state index in [9.17, 15) is 0 Å². The first-order chi connectivity index (χ1) is 8.74. The van der Waals surface area contributed by atoms with E-state index in [0.29, 0.717) is 19.0 Å². The fraction of sp³-hybridized carbons (Fsp3) is 0.643. The molecular weight excluding hydrogens is 228 g/mol. The lowest BCUT2D eigenvalue weighted by molar-refractivity contribution is 0.0880. The third-order valence-corrected chi connectivity index (χ3v) is 3.27. The van der Waals surface area contributed by atoms with Gasteiger partial charge in [-0.15, -0.1) is 0 Å². The second-order valence-electron chi connectivity index (χ2n) is 4.85. The fourth-order valence-corrected chi connectivity index (χ4v) is 2.37. The van der Waals surface area contributed by atoms with Crippen LogP contribution in [0.2, 0.25) is 0 Å². The first kappa shape index (κ1) is 13.3. The third-order valence-electron chi connectivity index (χ3n) is 3.27. The quantitative estimate of drug-likeness (QED) is 0.866. The second-order valence-corrected chi connectivity index (χ2v) is 4.85. The van der Waals surface area contributed by atoms with Crippen LogP contribution in [0.25, 0.3) is 0 Å². The average molecular weight is 250 g/mol. The largest absolute Gasteiger partial charge is 0.472 e. The Hall–Kier alpha value is -1.13. The minimum absolute atomic E-state index is 0.00515. The Morgan fingerprint density at radius 2 is 2.17 bits per heavy atom. The van der Waals surface area contributed by atoms with Gasteiger partial charge in [-0.1, -0.05) is 0 Å². The highest BCUT2D eigenvalue weighted by Crippen LogP contribution is 2.26. The smallest absolute Gasteiger partial charge is 0.218 e. The number of nitrogens with zero attached hydrogens (tertiary/aromatic N) is 1. The molecule has 1 unspecified atom stereocenters. The van der Waals surface area contributed by atoms with E-state index in [1.807, 2.05) is 6.92 Å². The minimum atomic E-state index is -0.00515. The zero-order chi connectivity index (χ0) is 13.0. The van der Waals surface area contributed by atoms with Gasteiger partial charge in [-0.2, -0.15) is 0 Å². The molecule has 2 N–H and O–H groups in total. The van der Waals surface area contributed by atoms with Gasteiger partial charge in [0.1, 0.15) is 6.10 Å². The van der Waals surface area contributed by atoms with Crippen LogP contribution in [-0.2, 0) is 24.1 Å². The van der Waals surface area contributed by atoms with Gasteiger partial charge >= 0.3 is 0 Å². The van der Waals surface area contributed by atoms with Gasteiger partial charge in [-0.25, -0.2) is 4.98 Å². The van der Waals surface area contributed by atoms with Crippen LogP contribution in [0.1, 0.15) is 36.6 Å². The Kier molecular flexibility index (Phi) is 4.55. The van der Waals surface area contributed by atoms with Gasteiger partial charge in [0.2, 0.25) is 5.88 Å². The normalized spacial score (nSPS) is 16.2. The summed E-state index contributed by atoms with van der Waals surface area (Å²) in [4.78, 5) is 4.65. The molecule has 1 aliphatic carbocycles. The summed E-state index contributed by atoms with van der Waals surface area (Å²) in [6.07, 6.45) is 4.63. The summed E-state index contributed by atoms with van der Waals surface area (Å²) < 4.78 is 10.9. The van der Waals surface area contributed by atoms with Crippen LogP contribution in [0.3, 0.4) is 0 Å². The molecule has 0 radical (unpaired) electrons. The number of aromatic nitrogens is 1. The predicted octanol–water partition coefficient (Wildman–Crippen LogP) is 1.83. The lowest BCUT2D eigenvalue weighted by atomic mass is 9.95. The first-order valence-corrected chi connectivity index (χ1v) is 6.62. The van der Waals surface area contributed by atoms with E-state index in [-0.39, 0.29) is 6.10 Å². The Morgan fingerprint density at radius 3 is 2.89 bits per heavy atom. The molecule has 1 atom stereocenters. The highest BCUT2D eigenvalue weighted by atomic mass is 16.5. The lowest BCUT2D eigenvalue weighted by Gasteiger charge is -2.20. The van der Waals surface area contributed by atoms with Crippen LogP contribution in [0.15, 0.2) is 6.07 Å². The van der Waals surface area contributed by atoms with Crippen molar-refractivity contribution in [3.8, 4) is 5.88 Å². The van der Waals surface area contributed by atoms with Crippen LogP contribution in [-0.4, -0.2) is 24.8 Å². The van der Waals surface area contributed by atoms with Gasteiger partial charge in [0.05, 0.1) is 6.61 Å². The van der Waals surface area contributed by atoms with Crippen LogP contribution in [0.4, 0.5) is 0 Å². The summed E-state index contributed by atoms with van der Waals surface area (Å²) >= 11 is 0. The van der Waals surface area contributed by atoms with E-state index in [0.717, 1.165) is 18.4 Å². The third kappa shape index (κ3) is 3.00. The molecule has 0 spiro atoms. The van der Waals surface area contributed by atoms with E-state index in [1.165, 1.54) is 24.1 Å². The van der Waals surface area contributed by atoms with Crippen LogP contribution in [0.5, 0.6) is 5.88 Å². The summed E-state index contributed by atoms with van der Waals surface area (Å²) in [6.45, 7) is 3.00. The summed E-state index contributed by atoms with van der Waals surface area (Å²) in [5, 5.41) is 0. The summed E-state index contributed by atoms with van der Waals surface area (Å²) in [5.41, 5.74) is 9.30. The molecule has 0 bridgehead atoms. The van der Waals surface area contributed by atoms with Crippen molar-refractivity contribution in [1.29, 1.82) is 0 Å². The molecule has 100 valence electrons. The molecule has 0 fully saturated rings. The lowest BCUT2D eigenvalue weighted by Crippen LogP contribution is -2.21. The highest BCUT2D eigenvalue weighted by Gasteiger charge is 2.16. The van der Waals surface area contributed by atoms with Crippen LogP contribution >= 0.6 is 0 Å². The minimum Gasteiger partial charge on any atom is -0.472 e. The van der Waals surface area contributed by atoms with E-state index in [4.69, 9.17) is 15.2 Å². The van der Waals surface area contributed by atoms with Gasteiger partial charge < -0.3 is 15.2 Å². The Morgan fingerprint density at radius 1 is 1.39 bits per heavy atom. The number of pyridine rings is 1. The summed E-state index contributed by atoms with van der Waals surface area (Å²) in [6, 6.07) is 2.16.